The molecule has 2 rings (SSSR count). The minimum atomic E-state index is 0.497. The Hall–Kier alpha value is -0.820. The minimum Gasteiger partial charge on any atom is -0.319 e. The number of nitrogens with one attached hydrogen (secondary N) is 1. The lowest BCUT2D eigenvalue weighted by atomic mass is 9.64. The van der Waals surface area contributed by atoms with Crippen molar-refractivity contribution in [2.24, 2.45) is 11.3 Å². The van der Waals surface area contributed by atoms with Gasteiger partial charge in [-0.25, -0.2) is 0 Å². The Labute approximate surface area is 112 Å². The summed E-state index contributed by atoms with van der Waals surface area (Å²) >= 11 is 0. The quantitative estimate of drug-likeness (QED) is 0.844. The lowest BCUT2D eigenvalue weighted by Gasteiger charge is -2.41. The molecule has 0 aliphatic heterocycles. The fourth-order valence-electron chi connectivity index (χ4n) is 3.51. The van der Waals surface area contributed by atoms with Crippen molar-refractivity contribution in [3.63, 3.8) is 0 Å². The van der Waals surface area contributed by atoms with Gasteiger partial charge < -0.3 is 5.32 Å². The fraction of sp³-hybridized carbons (Fsp3) is 0.647. The zero-order valence-electron chi connectivity index (χ0n) is 12.3. The highest BCUT2D eigenvalue weighted by Gasteiger charge is 2.35. The van der Waals surface area contributed by atoms with Gasteiger partial charge in [-0.2, -0.15) is 0 Å². The maximum Gasteiger partial charge on any atom is -0.00177 e. The zero-order chi connectivity index (χ0) is 13.2. The minimum absolute atomic E-state index is 0.497. The SMILES string of the molecule is CNCC1CCC(C)(C)CC1c1ccccc1C. The monoisotopic (exact) mass is 245 g/mol. The van der Waals surface area contributed by atoms with Gasteiger partial charge in [0, 0.05) is 0 Å². The van der Waals surface area contributed by atoms with Crippen LogP contribution in [0.1, 0.15) is 50.2 Å². The lowest BCUT2D eigenvalue weighted by molar-refractivity contribution is 0.161. The van der Waals surface area contributed by atoms with Crippen LogP contribution >= 0.6 is 0 Å². The predicted molar refractivity (Wildman–Crippen MR) is 79.0 cm³/mol. The summed E-state index contributed by atoms with van der Waals surface area (Å²) in [5.41, 5.74) is 3.53. The second kappa shape index (κ2) is 5.44. The van der Waals surface area contributed by atoms with Crippen LogP contribution in [0.4, 0.5) is 0 Å². The van der Waals surface area contributed by atoms with Gasteiger partial charge in [-0.1, -0.05) is 38.1 Å². The van der Waals surface area contributed by atoms with E-state index in [1.807, 2.05) is 0 Å². The van der Waals surface area contributed by atoms with E-state index in [-0.39, 0.29) is 0 Å². The van der Waals surface area contributed by atoms with Gasteiger partial charge in [-0.05, 0) is 68.2 Å². The molecule has 18 heavy (non-hydrogen) atoms. The van der Waals surface area contributed by atoms with Crippen LogP contribution in [0, 0.1) is 18.3 Å². The average Bonchev–Trinajstić information content (AvgIpc) is 2.32. The maximum absolute atomic E-state index is 3.38. The summed E-state index contributed by atoms with van der Waals surface area (Å²) in [4.78, 5) is 0. The molecule has 1 N–H and O–H groups in total. The molecule has 0 heterocycles. The molecular formula is C17H27N. The van der Waals surface area contributed by atoms with Crippen LogP contribution in [0.5, 0.6) is 0 Å². The molecule has 1 aromatic carbocycles. The molecule has 0 aromatic heterocycles. The van der Waals surface area contributed by atoms with Crippen molar-refractivity contribution in [1.29, 1.82) is 0 Å². The van der Waals surface area contributed by atoms with Crippen molar-refractivity contribution in [3.05, 3.63) is 35.4 Å². The summed E-state index contributed by atoms with van der Waals surface area (Å²) in [5, 5.41) is 3.38. The molecule has 0 amide bonds. The molecule has 2 atom stereocenters. The molecule has 0 spiro atoms. The number of rotatable bonds is 3. The van der Waals surface area contributed by atoms with Gasteiger partial charge in [0.1, 0.15) is 0 Å². The van der Waals surface area contributed by atoms with Gasteiger partial charge in [0.15, 0.2) is 0 Å². The van der Waals surface area contributed by atoms with E-state index in [0.717, 1.165) is 18.4 Å². The van der Waals surface area contributed by atoms with Gasteiger partial charge in [0.25, 0.3) is 0 Å². The first-order valence-corrected chi connectivity index (χ1v) is 7.23. The summed E-state index contributed by atoms with van der Waals surface area (Å²) in [6.45, 7) is 8.25. The van der Waals surface area contributed by atoms with Gasteiger partial charge in [0.05, 0.1) is 0 Å². The van der Waals surface area contributed by atoms with E-state index in [0.29, 0.717) is 5.41 Å². The number of hydrogen-bond acceptors (Lipinski definition) is 1. The van der Waals surface area contributed by atoms with Crippen molar-refractivity contribution in [2.45, 2.75) is 46.0 Å². The summed E-state index contributed by atoms with van der Waals surface area (Å²) in [6.07, 6.45) is 4.04. The Bertz CT molecular complexity index is 394. The molecule has 1 heteroatoms. The van der Waals surface area contributed by atoms with E-state index in [1.54, 1.807) is 5.56 Å². The highest BCUT2D eigenvalue weighted by Crippen LogP contribution is 2.47. The van der Waals surface area contributed by atoms with Crippen LogP contribution < -0.4 is 5.32 Å². The molecule has 1 aliphatic carbocycles. The number of benzene rings is 1. The molecule has 1 nitrogen and oxygen atoms in total. The van der Waals surface area contributed by atoms with Crippen LogP contribution in [0.3, 0.4) is 0 Å². The third-order valence-electron chi connectivity index (χ3n) is 4.59. The molecule has 1 fully saturated rings. The molecule has 100 valence electrons. The first-order chi connectivity index (χ1) is 8.53. The third kappa shape index (κ3) is 2.95. The fourth-order valence-corrected chi connectivity index (χ4v) is 3.51. The van der Waals surface area contributed by atoms with Gasteiger partial charge in [0.2, 0.25) is 0 Å². The standard InChI is InChI=1S/C17H27N/c1-13-7-5-6-8-15(13)16-11-17(2,3)10-9-14(16)12-18-4/h5-8,14,16,18H,9-12H2,1-4H3. The molecule has 0 saturated heterocycles. The molecule has 1 aromatic rings. The van der Waals surface area contributed by atoms with Crippen LogP contribution in [-0.2, 0) is 0 Å². The molecule has 1 saturated carbocycles. The highest BCUT2D eigenvalue weighted by atomic mass is 14.8. The van der Waals surface area contributed by atoms with Crippen molar-refractivity contribution >= 4 is 0 Å². The van der Waals surface area contributed by atoms with Crippen LogP contribution in [0.15, 0.2) is 24.3 Å². The third-order valence-corrected chi connectivity index (χ3v) is 4.59. The lowest BCUT2D eigenvalue weighted by Crippen LogP contribution is -2.34. The Morgan fingerprint density at radius 2 is 2.00 bits per heavy atom. The molecule has 0 radical (unpaired) electrons. The highest BCUT2D eigenvalue weighted by molar-refractivity contribution is 5.30. The maximum atomic E-state index is 3.38. The Morgan fingerprint density at radius 3 is 2.67 bits per heavy atom. The zero-order valence-corrected chi connectivity index (χ0v) is 12.3. The first kappa shape index (κ1) is 13.6. The summed E-state index contributed by atoms with van der Waals surface area (Å²) in [7, 11) is 2.08. The van der Waals surface area contributed by atoms with E-state index < -0.39 is 0 Å². The van der Waals surface area contributed by atoms with Crippen molar-refractivity contribution in [3.8, 4) is 0 Å². The summed E-state index contributed by atoms with van der Waals surface area (Å²) in [6, 6.07) is 8.94. The van der Waals surface area contributed by atoms with Crippen LogP contribution in [-0.4, -0.2) is 13.6 Å². The second-order valence-electron chi connectivity index (χ2n) is 6.69. The molecule has 0 bridgehead atoms. The van der Waals surface area contributed by atoms with Crippen LogP contribution in [0.2, 0.25) is 0 Å². The van der Waals surface area contributed by atoms with Gasteiger partial charge in [-0.15, -0.1) is 0 Å². The topological polar surface area (TPSA) is 12.0 Å². The number of aryl methyl sites for hydroxylation is 1. The van der Waals surface area contributed by atoms with E-state index >= 15 is 0 Å². The van der Waals surface area contributed by atoms with E-state index in [1.165, 1.54) is 24.8 Å². The Morgan fingerprint density at radius 1 is 1.28 bits per heavy atom. The predicted octanol–water partition coefficient (Wildman–Crippen LogP) is 4.12. The smallest absolute Gasteiger partial charge is 0.00177 e. The average molecular weight is 245 g/mol. The van der Waals surface area contributed by atoms with E-state index in [9.17, 15) is 0 Å². The molecule has 1 aliphatic rings. The largest absolute Gasteiger partial charge is 0.319 e. The van der Waals surface area contributed by atoms with Gasteiger partial charge >= 0.3 is 0 Å². The van der Waals surface area contributed by atoms with Crippen molar-refractivity contribution in [1.82, 2.24) is 5.32 Å². The molecule has 2 unspecified atom stereocenters. The van der Waals surface area contributed by atoms with Gasteiger partial charge in [-0.3, -0.25) is 0 Å². The molecular weight excluding hydrogens is 218 g/mol. The second-order valence-corrected chi connectivity index (χ2v) is 6.69. The Balaban J connectivity index is 2.27. The van der Waals surface area contributed by atoms with Crippen molar-refractivity contribution in [2.75, 3.05) is 13.6 Å². The summed E-state index contributed by atoms with van der Waals surface area (Å²) in [5.74, 6) is 1.52. The number of hydrogen-bond donors (Lipinski definition) is 1. The Kier molecular flexibility index (Phi) is 4.11. The normalized spacial score (nSPS) is 27.1. The summed E-state index contributed by atoms with van der Waals surface area (Å²) < 4.78 is 0. The van der Waals surface area contributed by atoms with Crippen molar-refractivity contribution < 1.29 is 0 Å². The van der Waals surface area contributed by atoms with E-state index in [4.69, 9.17) is 0 Å². The first-order valence-electron chi connectivity index (χ1n) is 7.23. The van der Waals surface area contributed by atoms with Crippen LogP contribution in [0.25, 0.3) is 0 Å². The van der Waals surface area contributed by atoms with E-state index in [2.05, 4.69) is 57.4 Å².